The molecule has 25 heavy (non-hydrogen) atoms. The molecule has 0 radical (unpaired) electrons. The Bertz CT molecular complexity index is 682. The molecule has 1 heterocycles. The molecule has 0 atom stereocenters. The first-order valence-corrected chi connectivity index (χ1v) is 9.05. The van der Waals surface area contributed by atoms with E-state index in [-0.39, 0.29) is 30.7 Å². The number of nitrogens with zero attached hydrogens (tertiary/aromatic N) is 1. The molecule has 4 nitrogen and oxygen atoms in total. The van der Waals surface area contributed by atoms with Crippen molar-refractivity contribution < 1.29 is 4.79 Å². The molecule has 1 saturated carbocycles. The standard InChI is InChI=1S/C18H23N3OS.2ClH/c1-12-16(23-18(21-12)14-4-2-3-5-14)17(22)20-11-10-13-6-8-15(19)9-7-13;;/h6-9,14H,2-5,10-11,19H2,1H3,(H,20,22);2*1H. The highest BCUT2D eigenvalue weighted by Gasteiger charge is 2.23. The smallest absolute Gasteiger partial charge is 0.263 e. The zero-order chi connectivity index (χ0) is 16.2. The van der Waals surface area contributed by atoms with Gasteiger partial charge in [0.2, 0.25) is 0 Å². The molecule has 0 spiro atoms. The van der Waals surface area contributed by atoms with Crippen LogP contribution in [0.25, 0.3) is 0 Å². The number of aromatic nitrogens is 1. The number of anilines is 1. The SMILES string of the molecule is Cc1nc(C2CCCC2)sc1C(=O)NCCc1ccc(N)cc1.Cl.Cl. The highest BCUT2D eigenvalue weighted by atomic mass is 35.5. The molecule has 0 unspecified atom stereocenters. The van der Waals surface area contributed by atoms with Crippen LogP contribution in [0.4, 0.5) is 5.69 Å². The quantitative estimate of drug-likeness (QED) is 0.724. The van der Waals surface area contributed by atoms with Crippen molar-refractivity contribution in [3.63, 3.8) is 0 Å². The first-order valence-electron chi connectivity index (χ1n) is 8.23. The molecule has 1 amide bonds. The van der Waals surface area contributed by atoms with E-state index in [4.69, 9.17) is 5.73 Å². The minimum absolute atomic E-state index is 0. The maximum Gasteiger partial charge on any atom is 0.263 e. The first-order chi connectivity index (χ1) is 11.1. The number of benzene rings is 1. The highest BCUT2D eigenvalue weighted by molar-refractivity contribution is 7.13. The van der Waals surface area contributed by atoms with E-state index in [1.165, 1.54) is 31.2 Å². The van der Waals surface area contributed by atoms with Crippen LogP contribution in [0.2, 0.25) is 0 Å². The third kappa shape index (κ3) is 5.59. The Morgan fingerprint density at radius 2 is 1.88 bits per heavy atom. The molecule has 1 fully saturated rings. The molecule has 1 aliphatic rings. The molecule has 1 aliphatic carbocycles. The van der Waals surface area contributed by atoms with Crippen molar-refractivity contribution in [2.24, 2.45) is 0 Å². The summed E-state index contributed by atoms with van der Waals surface area (Å²) in [6, 6.07) is 7.77. The number of hydrogen-bond donors (Lipinski definition) is 2. The van der Waals surface area contributed by atoms with Gasteiger partial charge in [-0.15, -0.1) is 36.2 Å². The maximum absolute atomic E-state index is 12.4. The van der Waals surface area contributed by atoms with E-state index >= 15 is 0 Å². The maximum atomic E-state index is 12.4. The van der Waals surface area contributed by atoms with Crippen LogP contribution in [-0.4, -0.2) is 17.4 Å². The van der Waals surface area contributed by atoms with Crippen molar-refractivity contribution in [2.45, 2.75) is 44.9 Å². The molecule has 0 aliphatic heterocycles. The topological polar surface area (TPSA) is 68.0 Å². The average Bonchev–Trinajstić information content (AvgIpc) is 3.18. The molecule has 3 rings (SSSR count). The molecule has 3 N–H and O–H groups in total. The van der Waals surface area contributed by atoms with Gasteiger partial charge in [-0.2, -0.15) is 0 Å². The monoisotopic (exact) mass is 401 g/mol. The number of thiazole rings is 1. The number of nitrogens with one attached hydrogen (secondary N) is 1. The van der Waals surface area contributed by atoms with Crippen LogP contribution >= 0.6 is 36.2 Å². The Morgan fingerprint density at radius 3 is 2.52 bits per heavy atom. The lowest BCUT2D eigenvalue weighted by atomic mass is 10.1. The number of nitrogen functional groups attached to an aromatic ring is 1. The van der Waals surface area contributed by atoms with Crippen LogP contribution < -0.4 is 11.1 Å². The van der Waals surface area contributed by atoms with Gasteiger partial charge in [0.1, 0.15) is 4.88 Å². The van der Waals surface area contributed by atoms with E-state index in [1.807, 2.05) is 31.2 Å². The van der Waals surface area contributed by atoms with E-state index in [9.17, 15) is 4.79 Å². The van der Waals surface area contributed by atoms with Crippen LogP contribution in [0, 0.1) is 6.92 Å². The van der Waals surface area contributed by atoms with Gasteiger partial charge in [0.05, 0.1) is 10.7 Å². The van der Waals surface area contributed by atoms with E-state index in [1.54, 1.807) is 11.3 Å². The van der Waals surface area contributed by atoms with E-state index in [0.717, 1.165) is 27.7 Å². The van der Waals surface area contributed by atoms with Gasteiger partial charge in [-0.05, 0) is 43.9 Å². The molecule has 2 aromatic rings. The molecule has 0 bridgehead atoms. The normalized spacial score (nSPS) is 13.8. The minimum atomic E-state index is -0.000285. The number of halogens is 2. The summed E-state index contributed by atoms with van der Waals surface area (Å²) in [6.07, 6.45) is 5.80. The van der Waals surface area contributed by atoms with Crippen molar-refractivity contribution >= 4 is 47.7 Å². The molecular weight excluding hydrogens is 377 g/mol. The second-order valence-corrected chi connectivity index (χ2v) is 7.23. The Morgan fingerprint density at radius 1 is 1.24 bits per heavy atom. The van der Waals surface area contributed by atoms with Crippen LogP contribution in [0.1, 0.15) is 57.5 Å². The Hall–Kier alpha value is -1.30. The van der Waals surface area contributed by atoms with Gasteiger partial charge in [0, 0.05) is 18.2 Å². The van der Waals surface area contributed by atoms with Gasteiger partial charge in [-0.1, -0.05) is 25.0 Å². The number of carbonyl (C=O) groups excluding carboxylic acids is 1. The van der Waals surface area contributed by atoms with E-state index in [2.05, 4.69) is 10.3 Å². The van der Waals surface area contributed by atoms with Crippen LogP contribution in [0.15, 0.2) is 24.3 Å². The van der Waals surface area contributed by atoms with E-state index < -0.39 is 0 Å². The van der Waals surface area contributed by atoms with Crippen LogP contribution in [0.3, 0.4) is 0 Å². The summed E-state index contributed by atoms with van der Waals surface area (Å²) in [4.78, 5) is 17.8. The van der Waals surface area contributed by atoms with Gasteiger partial charge in [-0.25, -0.2) is 4.98 Å². The Labute approximate surface area is 165 Å². The fraction of sp³-hybridized carbons (Fsp3) is 0.444. The fourth-order valence-electron chi connectivity index (χ4n) is 3.06. The molecule has 138 valence electrons. The highest BCUT2D eigenvalue weighted by Crippen LogP contribution is 2.37. The average molecular weight is 402 g/mol. The summed E-state index contributed by atoms with van der Waals surface area (Å²) >= 11 is 1.57. The second-order valence-electron chi connectivity index (χ2n) is 6.20. The zero-order valence-electron chi connectivity index (χ0n) is 14.3. The van der Waals surface area contributed by atoms with Gasteiger partial charge in [-0.3, -0.25) is 4.79 Å². The second kappa shape index (κ2) is 10.00. The fourth-order valence-corrected chi connectivity index (χ4v) is 4.21. The Balaban J connectivity index is 0.00000156. The minimum Gasteiger partial charge on any atom is -0.399 e. The molecule has 0 saturated heterocycles. The van der Waals surface area contributed by atoms with Crippen molar-refractivity contribution in [3.05, 3.63) is 45.4 Å². The lowest BCUT2D eigenvalue weighted by Gasteiger charge is -2.05. The summed E-state index contributed by atoms with van der Waals surface area (Å²) in [5, 5.41) is 4.15. The van der Waals surface area contributed by atoms with Crippen molar-refractivity contribution in [1.29, 1.82) is 0 Å². The van der Waals surface area contributed by atoms with Crippen molar-refractivity contribution in [3.8, 4) is 0 Å². The van der Waals surface area contributed by atoms with Crippen LogP contribution in [-0.2, 0) is 6.42 Å². The summed E-state index contributed by atoms with van der Waals surface area (Å²) in [7, 11) is 0. The van der Waals surface area contributed by atoms with Gasteiger partial charge < -0.3 is 11.1 Å². The summed E-state index contributed by atoms with van der Waals surface area (Å²) in [5.41, 5.74) is 8.47. The van der Waals surface area contributed by atoms with Crippen molar-refractivity contribution in [1.82, 2.24) is 10.3 Å². The molecule has 1 aromatic carbocycles. The van der Waals surface area contributed by atoms with Crippen LogP contribution in [0.5, 0.6) is 0 Å². The predicted molar refractivity (Wildman–Crippen MR) is 109 cm³/mol. The third-order valence-electron chi connectivity index (χ3n) is 4.40. The lowest BCUT2D eigenvalue weighted by Crippen LogP contribution is -2.25. The predicted octanol–water partition coefficient (Wildman–Crippen LogP) is 4.51. The zero-order valence-corrected chi connectivity index (χ0v) is 16.7. The first kappa shape index (κ1) is 21.7. The number of nitrogens with two attached hydrogens (primary N) is 1. The van der Waals surface area contributed by atoms with Gasteiger partial charge in [0.15, 0.2) is 0 Å². The number of amides is 1. The van der Waals surface area contributed by atoms with Gasteiger partial charge in [0.25, 0.3) is 5.91 Å². The summed E-state index contributed by atoms with van der Waals surface area (Å²) in [5.74, 6) is 0.565. The molecule has 7 heteroatoms. The molecule has 1 aromatic heterocycles. The van der Waals surface area contributed by atoms with Crippen molar-refractivity contribution in [2.75, 3.05) is 12.3 Å². The third-order valence-corrected chi connectivity index (χ3v) is 5.72. The number of carbonyl (C=O) groups is 1. The lowest BCUT2D eigenvalue weighted by molar-refractivity contribution is 0.0957. The number of rotatable bonds is 5. The summed E-state index contributed by atoms with van der Waals surface area (Å²) < 4.78 is 0. The van der Waals surface area contributed by atoms with Gasteiger partial charge >= 0.3 is 0 Å². The summed E-state index contributed by atoms with van der Waals surface area (Å²) in [6.45, 7) is 2.56. The number of aryl methyl sites for hydroxylation is 1. The largest absolute Gasteiger partial charge is 0.399 e. The van der Waals surface area contributed by atoms with E-state index in [0.29, 0.717) is 12.5 Å². The number of hydrogen-bond acceptors (Lipinski definition) is 4. The Kier molecular flexibility index (Phi) is 8.69. The molecular formula is C18H25Cl2N3OS.